The number of hydrogen-bond donors (Lipinski definition) is 3. The van der Waals surface area contributed by atoms with Gasteiger partial charge in [-0.3, -0.25) is 9.69 Å². The van der Waals surface area contributed by atoms with Crippen LogP contribution >= 0.6 is 30.1 Å². The normalized spacial score (nSPS) is 15.8. The summed E-state index contributed by atoms with van der Waals surface area (Å²) < 4.78 is 24.5. The molecule has 0 radical (unpaired) electrons. The number of thiophene rings is 1. The molecular weight excluding hydrogens is 771 g/mol. The van der Waals surface area contributed by atoms with Gasteiger partial charge < -0.3 is 39.8 Å². The topological polar surface area (TPSA) is 141 Å². The summed E-state index contributed by atoms with van der Waals surface area (Å²) in [6, 6.07) is 15.4. The first-order valence-corrected chi connectivity index (χ1v) is 22.5. The van der Waals surface area contributed by atoms with E-state index in [1.807, 2.05) is 74.7 Å². The minimum Gasteiger partial charge on any atom is -0.494 e. The number of anilines is 6. The smallest absolute Gasteiger partial charge is 0.410 e. The molecule has 0 unspecified atom stereocenters. The Kier molecular flexibility index (Phi) is 12.9. The maximum atomic E-state index is 13.4. The molecule has 3 N–H and O–H groups in total. The highest BCUT2D eigenvalue weighted by molar-refractivity contribution is 7.70. The van der Waals surface area contributed by atoms with Gasteiger partial charge in [0.05, 0.1) is 36.1 Å². The number of methoxy groups -OCH3 is 1. The zero-order chi connectivity index (χ0) is 40.0. The van der Waals surface area contributed by atoms with Crippen LogP contribution in [0.15, 0.2) is 66.2 Å². The largest absolute Gasteiger partial charge is 0.494 e. The monoisotopic (exact) mass is 820 g/mol. The van der Waals surface area contributed by atoms with E-state index in [-0.39, 0.29) is 23.0 Å². The summed E-state index contributed by atoms with van der Waals surface area (Å²) in [6.45, 7) is 13.5. The third-order valence-corrected chi connectivity index (χ3v) is 12.2. The number of para-hydroxylation sites is 1. The van der Waals surface area contributed by atoms with Gasteiger partial charge in [0.1, 0.15) is 23.5 Å². The standard InChI is InChI=1S/C40H50ClN8O5PS/c1-40(2,3)54-39(51)49-21-19-47(20-22-49)27-15-17-48(18-16-27)33-25-34(53-4)32(24-31(33)43-36(50)14-13-28-10-9-23-56-28)45-38-42-26-29(41)37(46-38)44-30-11-7-8-12-35(30)55(5,6)52/h7-14,23-27H,15-22H2,1-6H3,(H,43,50)(H2,42,44,45,46)/b14-13+. The van der Waals surface area contributed by atoms with Crippen molar-refractivity contribution >= 4 is 88.0 Å². The number of aromatic nitrogens is 2. The second-order valence-corrected chi connectivity index (χ2v) is 19.7. The molecule has 0 saturated carbocycles. The Balaban J connectivity index is 1.21. The number of ether oxygens (including phenoxy) is 2. The van der Waals surface area contributed by atoms with Gasteiger partial charge in [-0.2, -0.15) is 4.98 Å². The van der Waals surface area contributed by atoms with Gasteiger partial charge in [0, 0.05) is 67.6 Å². The van der Waals surface area contributed by atoms with E-state index in [2.05, 4.69) is 35.7 Å². The summed E-state index contributed by atoms with van der Waals surface area (Å²) in [5.74, 6) is 0.829. The average Bonchev–Trinajstić information content (AvgIpc) is 3.69. The molecule has 298 valence electrons. The number of piperidine rings is 1. The third-order valence-electron chi connectivity index (χ3n) is 9.53. The molecule has 0 spiro atoms. The van der Waals surface area contributed by atoms with E-state index in [9.17, 15) is 14.2 Å². The van der Waals surface area contributed by atoms with Gasteiger partial charge in [-0.25, -0.2) is 9.78 Å². The number of rotatable bonds is 11. The molecule has 56 heavy (non-hydrogen) atoms. The summed E-state index contributed by atoms with van der Waals surface area (Å²) in [7, 11) is -1.01. The van der Waals surface area contributed by atoms with Crippen LogP contribution in [0.3, 0.4) is 0 Å². The van der Waals surface area contributed by atoms with Crippen molar-refractivity contribution in [1.82, 2.24) is 19.8 Å². The Morgan fingerprint density at radius 1 is 0.964 bits per heavy atom. The minimum atomic E-state index is -2.60. The number of hydrogen-bond acceptors (Lipinski definition) is 12. The molecular formula is C40H50ClN8O5PS. The van der Waals surface area contributed by atoms with Crippen molar-refractivity contribution in [1.29, 1.82) is 0 Å². The molecule has 2 aromatic carbocycles. The van der Waals surface area contributed by atoms with Crippen molar-refractivity contribution in [3.05, 3.63) is 76.1 Å². The lowest BCUT2D eigenvalue weighted by Crippen LogP contribution is -2.55. The number of nitrogens with zero attached hydrogens (tertiary/aromatic N) is 5. The van der Waals surface area contributed by atoms with Crippen LogP contribution in [0.2, 0.25) is 5.02 Å². The molecule has 2 fully saturated rings. The van der Waals surface area contributed by atoms with E-state index >= 15 is 0 Å². The van der Waals surface area contributed by atoms with Gasteiger partial charge >= 0.3 is 6.09 Å². The fourth-order valence-corrected chi connectivity index (χ4v) is 8.71. The third kappa shape index (κ3) is 10.6. The van der Waals surface area contributed by atoms with Crippen LogP contribution in [0.1, 0.15) is 38.5 Å². The Morgan fingerprint density at radius 3 is 2.36 bits per heavy atom. The van der Waals surface area contributed by atoms with Crippen molar-refractivity contribution in [2.75, 3.05) is 80.6 Å². The molecule has 6 rings (SSSR count). The van der Waals surface area contributed by atoms with Gasteiger partial charge in [0.15, 0.2) is 5.82 Å². The predicted octanol–water partition coefficient (Wildman–Crippen LogP) is 8.11. The second-order valence-electron chi connectivity index (χ2n) is 15.1. The summed E-state index contributed by atoms with van der Waals surface area (Å²) in [5.41, 5.74) is 2.08. The molecule has 4 heterocycles. The highest BCUT2D eigenvalue weighted by atomic mass is 35.5. The lowest BCUT2D eigenvalue weighted by atomic mass is 10.0. The van der Waals surface area contributed by atoms with Gasteiger partial charge in [-0.15, -0.1) is 11.3 Å². The van der Waals surface area contributed by atoms with Crippen LogP contribution in [0.5, 0.6) is 5.75 Å². The zero-order valence-corrected chi connectivity index (χ0v) is 35.1. The van der Waals surface area contributed by atoms with E-state index in [4.69, 9.17) is 21.1 Å². The molecule has 4 aromatic rings. The second kappa shape index (κ2) is 17.7. The van der Waals surface area contributed by atoms with Gasteiger partial charge in [-0.05, 0) is 82.7 Å². The minimum absolute atomic E-state index is 0.235. The highest BCUT2D eigenvalue weighted by Gasteiger charge is 2.32. The van der Waals surface area contributed by atoms with E-state index in [0.717, 1.165) is 49.6 Å². The summed E-state index contributed by atoms with van der Waals surface area (Å²) in [6.07, 6.45) is 6.39. The average molecular weight is 821 g/mol. The Morgan fingerprint density at radius 2 is 1.70 bits per heavy atom. The lowest BCUT2D eigenvalue weighted by molar-refractivity contribution is -0.111. The predicted molar refractivity (Wildman–Crippen MR) is 229 cm³/mol. The lowest BCUT2D eigenvalue weighted by Gasteiger charge is -2.43. The van der Waals surface area contributed by atoms with Crippen molar-refractivity contribution in [3.63, 3.8) is 0 Å². The first kappa shape index (κ1) is 41.0. The van der Waals surface area contributed by atoms with Crippen LogP contribution in [-0.4, -0.2) is 103 Å². The fourth-order valence-electron chi connectivity index (χ4n) is 6.80. The van der Waals surface area contributed by atoms with Crippen LogP contribution < -0.4 is 30.9 Å². The molecule has 0 aliphatic carbocycles. The summed E-state index contributed by atoms with van der Waals surface area (Å²) in [5, 5.41) is 12.5. The van der Waals surface area contributed by atoms with Crippen molar-refractivity contribution < 1.29 is 23.6 Å². The van der Waals surface area contributed by atoms with Crippen LogP contribution in [0.4, 0.5) is 39.3 Å². The Hall–Kier alpha value is -4.62. The molecule has 2 aliphatic heterocycles. The zero-order valence-electron chi connectivity index (χ0n) is 32.7. The van der Waals surface area contributed by atoms with Crippen LogP contribution in [0, 0.1) is 0 Å². The number of carbonyl (C=O) groups is 2. The van der Waals surface area contributed by atoms with E-state index in [1.54, 1.807) is 42.8 Å². The molecule has 0 bridgehead atoms. The Labute approximate surface area is 337 Å². The number of benzene rings is 2. The number of nitrogens with one attached hydrogen (secondary N) is 3. The van der Waals surface area contributed by atoms with E-state index < -0.39 is 12.7 Å². The van der Waals surface area contributed by atoms with E-state index in [0.29, 0.717) is 53.1 Å². The van der Waals surface area contributed by atoms with Gasteiger partial charge in [0.25, 0.3) is 0 Å². The van der Waals surface area contributed by atoms with Gasteiger partial charge in [-0.1, -0.05) is 29.8 Å². The highest BCUT2D eigenvalue weighted by Crippen LogP contribution is 2.41. The first-order valence-electron chi connectivity index (χ1n) is 18.6. The quantitative estimate of drug-likeness (QED) is 0.0999. The molecule has 2 aromatic heterocycles. The van der Waals surface area contributed by atoms with Crippen molar-refractivity contribution in [3.8, 4) is 5.75 Å². The van der Waals surface area contributed by atoms with Crippen LogP contribution in [-0.2, 0) is 14.1 Å². The molecule has 2 aliphatic rings. The van der Waals surface area contributed by atoms with Crippen molar-refractivity contribution in [2.24, 2.45) is 0 Å². The summed E-state index contributed by atoms with van der Waals surface area (Å²) >= 11 is 8.09. The number of piperazine rings is 1. The van der Waals surface area contributed by atoms with Crippen LogP contribution in [0.25, 0.3) is 6.08 Å². The maximum absolute atomic E-state index is 13.4. The number of amides is 2. The molecule has 2 amide bonds. The Bertz CT molecular complexity index is 2090. The first-order chi connectivity index (χ1) is 26.7. The molecule has 16 heteroatoms. The fraction of sp³-hybridized carbons (Fsp3) is 0.400. The SMILES string of the molecule is COc1cc(N2CCC(N3CCN(C(=O)OC(C)(C)C)CC3)CC2)c(NC(=O)/C=C/c2cccs2)cc1Nc1ncc(Cl)c(Nc2ccccc2P(C)(C)=O)n1. The maximum Gasteiger partial charge on any atom is 0.410 e. The van der Waals surface area contributed by atoms with Gasteiger partial charge in [0.2, 0.25) is 11.9 Å². The van der Waals surface area contributed by atoms with Crippen molar-refractivity contribution in [2.45, 2.75) is 45.3 Å². The summed E-state index contributed by atoms with van der Waals surface area (Å²) in [4.78, 5) is 42.6. The number of carbonyl (C=O) groups excluding carboxylic acids is 2. The molecule has 0 atom stereocenters. The molecule has 2 saturated heterocycles. The van der Waals surface area contributed by atoms with E-state index in [1.165, 1.54) is 12.3 Å². The molecule has 13 nitrogen and oxygen atoms in total. The number of halogens is 1.